The molecule has 0 unspecified atom stereocenters. The van der Waals surface area contributed by atoms with E-state index < -0.39 is 5.41 Å². The fraction of sp³-hybridized carbons (Fsp3) is 0.0213. The standard InChI is InChI=1S/C47H29NO/c1-3-15-31(16-4-1)48(32-17-5-2-6-18-32)33-25-28-43-38(29-33)36-26-27-42-45(46(36)49-43)37-21-11-13-30-14-12-24-41(44(30)37)47(42)39-22-9-7-19-34(39)35-20-8-10-23-40(35)47/h1-29H. The Labute approximate surface area is 284 Å². The average molecular weight is 624 g/mol. The minimum atomic E-state index is -0.466. The van der Waals surface area contributed by atoms with Crippen LogP contribution in [0.25, 0.3) is 55.0 Å². The van der Waals surface area contributed by atoms with E-state index in [2.05, 4.69) is 181 Å². The minimum absolute atomic E-state index is 0.466. The Balaban J connectivity index is 1.24. The molecule has 1 aromatic heterocycles. The van der Waals surface area contributed by atoms with Gasteiger partial charge in [-0.1, -0.05) is 133 Å². The second-order valence-corrected chi connectivity index (χ2v) is 13.2. The van der Waals surface area contributed by atoms with Gasteiger partial charge in [-0.25, -0.2) is 0 Å². The lowest BCUT2D eigenvalue weighted by Gasteiger charge is -2.39. The first kappa shape index (κ1) is 26.7. The number of para-hydroxylation sites is 2. The van der Waals surface area contributed by atoms with Gasteiger partial charge >= 0.3 is 0 Å². The Morgan fingerprint density at radius 3 is 1.69 bits per heavy atom. The zero-order valence-electron chi connectivity index (χ0n) is 26.6. The molecule has 1 spiro atoms. The summed E-state index contributed by atoms with van der Waals surface area (Å²) in [7, 11) is 0. The van der Waals surface area contributed by atoms with Crippen molar-refractivity contribution in [1.29, 1.82) is 0 Å². The van der Waals surface area contributed by atoms with Gasteiger partial charge < -0.3 is 9.32 Å². The van der Waals surface area contributed by atoms with Crippen molar-refractivity contribution in [3.8, 4) is 22.3 Å². The van der Waals surface area contributed by atoms with Gasteiger partial charge in [0.15, 0.2) is 0 Å². The van der Waals surface area contributed by atoms with Crippen molar-refractivity contribution < 1.29 is 4.42 Å². The highest BCUT2D eigenvalue weighted by Crippen LogP contribution is 2.63. The summed E-state index contributed by atoms with van der Waals surface area (Å²) in [4.78, 5) is 2.31. The van der Waals surface area contributed by atoms with E-state index in [0.717, 1.165) is 39.0 Å². The third kappa shape index (κ3) is 3.45. The highest BCUT2D eigenvalue weighted by atomic mass is 16.3. The predicted molar refractivity (Wildman–Crippen MR) is 202 cm³/mol. The molecule has 2 aliphatic rings. The number of hydrogen-bond donors (Lipinski definition) is 0. The molecule has 2 nitrogen and oxygen atoms in total. The maximum Gasteiger partial charge on any atom is 0.143 e. The van der Waals surface area contributed by atoms with Gasteiger partial charge in [-0.3, -0.25) is 0 Å². The van der Waals surface area contributed by atoms with Crippen LogP contribution < -0.4 is 4.90 Å². The van der Waals surface area contributed by atoms with E-state index >= 15 is 0 Å². The Kier molecular flexibility index (Phi) is 5.34. The van der Waals surface area contributed by atoms with Gasteiger partial charge in [0.1, 0.15) is 11.2 Å². The van der Waals surface area contributed by atoms with Crippen LogP contribution in [0.1, 0.15) is 22.3 Å². The molecule has 0 bridgehead atoms. The van der Waals surface area contributed by atoms with Crippen LogP contribution in [0.15, 0.2) is 180 Å². The molecule has 8 aromatic carbocycles. The maximum absolute atomic E-state index is 7.00. The normalized spacial score (nSPS) is 13.5. The molecule has 1 heterocycles. The van der Waals surface area contributed by atoms with Gasteiger partial charge in [-0.05, 0) is 92.2 Å². The molecule has 11 rings (SSSR count). The quantitative estimate of drug-likeness (QED) is 0.195. The highest BCUT2D eigenvalue weighted by Gasteiger charge is 2.50. The summed E-state index contributed by atoms with van der Waals surface area (Å²) < 4.78 is 7.00. The van der Waals surface area contributed by atoms with E-state index in [1.807, 2.05) is 0 Å². The van der Waals surface area contributed by atoms with Crippen molar-refractivity contribution in [3.05, 3.63) is 198 Å². The summed E-state index contributed by atoms with van der Waals surface area (Å²) in [5.41, 5.74) is 15.0. The van der Waals surface area contributed by atoms with Crippen molar-refractivity contribution in [1.82, 2.24) is 0 Å². The van der Waals surface area contributed by atoms with Crippen molar-refractivity contribution in [2.24, 2.45) is 0 Å². The molecule has 0 saturated carbocycles. The van der Waals surface area contributed by atoms with Crippen LogP contribution in [0.5, 0.6) is 0 Å². The minimum Gasteiger partial charge on any atom is -0.455 e. The fourth-order valence-corrected chi connectivity index (χ4v) is 8.97. The van der Waals surface area contributed by atoms with Crippen molar-refractivity contribution in [3.63, 3.8) is 0 Å². The summed E-state index contributed by atoms with van der Waals surface area (Å²) in [6.45, 7) is 0. The van der Waals surface area contributed by atoms with E-state index in [-0.39, 0.29) is 0 Å². The Morgan fingerprint density at radius 1 is 0.408 bits per heavy atom. The summed E-state index contributed by atoms with van der Waals surface area (Å²) in [6.07, 6.45) is 0. The molecule has 2 aliphatic carbocycles. The third-order valence-corrected chi connectivity index (χ3v) is 10.8. The molecule has 49 heavy (non-hydrogen) atoms. The average Bonchev–Trinajstić information content (AvgIpc) is 3.68. The first-order valence-electron chi connectivity index (χ1n) is 16.9. The number of rotatable bonds is 3. The van der Waals surface area contributed by atoms with E-state index in [4.69, 9.17) is 4.42 Å². The fourth-order valence-electron chi connectivity index (χ4n) is 8.97. The molecular formula is C47H29NO. The number of fused-ring (bicyclic) bond motifs is 13. The molecule has 0 fully saturated rings. The topological polar surface area (TPSA) is 16.4 Å². The van der Waals surface area contributed by atoms with Gasteiger partial charge in [-0.2, -0.15) is 0 Å². The number of hydrogen-bond acceptors (Lipinski definition) is 2. The summed E-state index contributed by atoms with van der Waals surface area (Å²) in [6, 6.07) is 64.0. The maximum atomic E-state index is 7.00. The van der Waals surface area contributed by atoms with Gasteiger partial charge in [-0.15, -0.1) is 0 Å². The molecule has 9 aromatic rings. The highest BCUT2D eigenvalue weighted by molar-refractivity contribution is 6.17. The van der Waals surface area contributed by atoms with Crippen molar-refractivity contribution in [2.45, 2.75) is 5.41 Å². The lowest BCUT2D eigenvalue weighted by Crippen LogP contribution is -2.31. The Morgan fingerprint density at radius 2 is 1.00 bits per heavy atom. The molecule has 0 aliphatic heterocycles. The third-order valence-electron chi connectivity index (χ3n) is 10.8. The Hall–Kier alpha value is -6.38. The molecule has 0 amide bonds. The van der Waals surface area contributed by atoms with Crippen LogP contribution in [-0.2, 0) is 5.41 Å². The van der Waals surface area contributed by atoms with Crippen LogP contribution in [0, 0.1) is 0 Å². The molecule has 0 saturated heterocycles. The molecule has 0 atom stereocenters. The first-order chi connectivity index (χ1) is 24.3. The number of anilines is 3. The van der Waals surface area contributed by atoms with Crippen LogP contribution in [0.2, 0.25) is 0 Å². The molecular weight excluding hydrogens is 595 g/mol. The van der Waals surface area contributed by atoms with E-state index in [1.54, 1.807) is 0 Å². The lowest BCUT2D eigenvalue weighted by atomic mass is 9.61. The van der Waals surface area contributed by atoms with Crippen molar-refractivity contribution in [2.75, 3.05) is 4.90 Å². The number of benzene rings is 8. The van der Waals surface area contributed by atoms with E-state index in [9.17, 15) is 0 Å². The van der Waals surface area contributed by atoms with Crippen LogP contribution >= 0.6 is 0 Å². The van der Waals surface area contributed by atoms with Gasteiger partial charge in [0, 0.05) is 33.4 Å². The molecule has 0 radical (unpaired) electrons. The Bertz CT molecular complexity index is 2680. The molecule has 0 N–H and O–H groups in total. The van der Waals surface area contributed by atoms with Crippen LogP contribution in [-0.4, -0.2) is 0 Å². The number of nitrogens with zero attached hydrogens (tertiary/aromatic N) is 1. The zero-order valence-corrected chi connectivity index (χ0v) is 26.6. The van der Waals surface area contributed by atoms with Gasteiger partial charge in [0.25, 0.3) is 0 Å². The summed E-state index contributed by atoms with van der Waals surface area (Å²) in [5.74, 6) is 0. The van der Waals surface area contributed by atoms with Crippen LogP contribution in [0.4, 0.5) is 17.1 Å². The molecule has 228 valence electrons. The van der Waals surface area contributed by atoms with E-state index in [1.165, 1.54) is 55.3 Å². The van der Waals surface area contributed by atoms with Gasteiger partial charge in [0.2, 0.25) is 0 Å². The molecule has 2 heteroatoms. The zero-order chi connectivity index (χ0) is 32.1. The summed E-state index contributed by atoms with van der Waals surface area (Å²) in [5, 5.41) is 4.79. The van der Waals surface area contributed by atoms with Crippen molar-refractivity contribution >= 4 is 49.8 Å². The SMILES string of the molecule is c1ccc(N(c2ccccc2)c2ccc3oc4c5c(ccc4c3c2)C2(c3ccccc3-c3ccccc32)c2cccc3cccc-5c23)cc1. The summed E-state index contributed by atoms with van der Waals surface area (Å²) >= 11 is 0. The second kappa shape index (κ2) is 9.82. The van der Waals surface area contributed by atoms with Gasteiger partial charge in [0.05, 0.1) is 5.41 Å². The predicted octanol–water partition coefficient (Wildman–Crippen LogP) is 12.6. The first-order valence-corrected chi connectivity index (χ1v) is 16.9. The largest absolute Gasteiger partial charge is 0.455 e. The van der Waals surface area contributed by atoms with E-state index in [0.29, 0.717) is 0 Å². The van der Waals surface area contributed by atoms with Crippen LogP contribution in [0.3, 0.4) is 0 Å². The second-order valence-electron chi connectivity index (χ2n) is 13.2. The smallest absolute Gasteiger partial charge is 0.143 e. The lowest BCUT2D eigenvalue weighted by molar-refractivity contribution is 0.667. The monoisotopic (exact) mass is 623 g/mol. The number of furan rings is 1.